The SMILES string of the molecule is C=C(O)Cn1c(=O)n(C2CCN(S(=O)(=O)c3cc(C)sc3C)CC2)c2ncccc21. The Morgan fingerprint density at radius 2 is 2.03 bits per heavy atom. The summed E-state index contributed by atoms with van der Waals surface area (Å²) in [5, 5.41) is 9.61. The molecule has 1 aliphatic heterocycles. The van der Waals surface area contributed by atoms with Crippen molar-refractivity contribution in [2.45, 2.75) is 44.2 Å². The number of sulfonamides is 1. The minimum absolute atomic E-state index is 0.00195. The predicted octanol–water partition coefficient (Wildman–Crippen LogP) is 2.97. The zero-order valence-electron chi connectivity index (χ0n) is 16.9. The van der Waals surface area contributed by atoms with Gasteiger partial charge in [-0.3, -0.25) is 9.13 Å². The molecule has 0 aromatic carbocycles. The molecular formula is C20H24N4O4S2. The number of aliphatic hydroxyl groups is 1. The van der Waals surface area contributed by atoms with E-state index in [2.05, 4.69) is 11.6 Å². The van der Waals surface area contributed by atoms with Gasteiger partial charge in [-0.2, -0.15) is 4.31 Å². The Labute approximate surface area is 178 Å². The molecule has 10 heteroatoms. The third kappa shape index (κ3) is 3.48. The van der Waals surface area contributed by atoms with Crippen molar-refractivity contribution in [3.63, 3.8) is 0 Å². The van der Waals surface area contributed by atoms with Gasteiger partial charge >= 0.3 is 5.69 Å². The number of aliphatic hydroxyl groups excluding tert-OH is 1. The lowest BCUT2D eigenvalue weighted by Crippen LogP contribution is -2.41. The molecule has 0 amide bonds. The number of rotatable bonds is 5. The molecule has 3 aromatic rings. The van der Waals surface area contributed by atoms with E-state index in [9.17, 15) is 18.3 Å². The summed E-state index contributed by atoms with van der Waals surface area (Å²) >= 11 is 1.48. The second-order valence-corrected chi connectivity index (χ2v) is 10.9. The summed E-state index contributed by atoms with van der Waals surface area (Å²) in [5.74, 6) is -0.109. The molecule has 30 heavy (non-hydrogen) atoms. The summed E-state index contributed by atoms with van der Waals surface area (Å²) in [6, 6.07) is 5.08. The van der Waals surface area contributed by atoms with Crippen LogP contribution in [0.2, 0.25) is 0 Å². The van der Waals surface area contributed by atoms with Crippen LogP contribution < -0.4 is 5.69 Å². The number of allylic oxidation sites excluding steroid dienone is 1. The minimum Gasteiger partial charge on any atom is -0.511 e. The van der Waals surface area contributed by atoms with Gasteiger partial charge in [-0.1, -0.05) is 6.58 Å². The molecule has 4 heterocycles. The topological polar surface area (TPSA) is 97.4 Å². The van der Waals surface area contributed by atoms with Gasteiger partial charge in [0.25, 0.3) is 0 Å². The smallest absolute Gasteiger partial charge is 0.331 e. The quantitative estimate of drug-likeness (QED) is 0.605. The monoisotopic (exact) mass is 448 g/mol. The van der Waals surface area contributed by atoms with Gasteiger partial charge in [0.15, 0.2) is 5.65 Å². The Kier molecular flexibility index (Phi) is 5.33. The maximum absolute atomic E-state index is 13.1. The lowest BCUT2D eigenvalue weighted by Gasteiger charge is -2.31. The first-order chi connectivity index (χ1) is 14.2. The average molecular weight is 449 g/mol. The number of imidazole rings is 1. The van der Waals surface area contributed by atoms with Crippen LogP contribution in [0.5, 0.6) is 0 Å². The van der Waals surface area contributed by atoms with Crippen LogP contribution in [0.4, 0.5) is 0 Å². The number of aromatic nitrogens is 3. The second kappa shape index (κ2) is 7.68. The zero-order valence-corrected chi connectivity index (χ0v) is 18.5. The van der Waals surface area contributed by atoms with Crippen molar-refractivity contribution in [3.8, 4) is 0 Å². The molecule has 0 spiro atoms. The fourth-order valence-electron chi connectivity index (χ4n) is 4.12. The van der Waals surface area contributed by atoms with Gasteiger partial charge in [0, 0.05) is 35.1 Å². The van der Waals surface area contributed by atoms with Crippen molar-refractivity contribution in [1.29, 1.82) is 0 Å². The Hall–Kier alpha value is -2.43. The highest BCUT2D eigenvalue weighted by Gasteiger charge is 2.33. The first kappa shape index (κ1) is 20.8. The van der Waals surface area contributed by atoms with Crippen molar-refractivity contribution in [3.05, 3.63) is 57.0 Å². The van der Waals surface area contributed by atoms with Crippen molar-refractivity contribution in [2.75, 3.05) is 13.1 Å². The summed E-state index contributed by atoms with van der Waals surface area (Å²) in [4.78, 5) is 19.6. The highest BCUT2D eigenvalue weighted by atomic mass is 32.2. The van der Waals surface area contributed by atoms with E-state index in [-0.39, 0.29) is 24.0 Å². The number of fused-ring (bicyclic) bond motifs is 1. The molecule has 4 rings (SSSR count). The Balaban J connectivity index is 1.63. The van der Waals surface area contributed by atoms with Gasteiger partial charge in [0.1, 0.15) is 5.76 Å². The number of piperidine rings is 1. The average Bonchev–Trinajstić information content (AvgIpc) is 3.18. The molecule has 1 N–H and O–H groups in total. The molecule has 8 nitrogen and oxygen atoms in total. The van der Waals surface area contributed by atoms with Crippen molar-refractivity contribution < 1.29 is 13.5 Å². The van der Waals surface area contributed by atoms with Gasteiger partial charge < -0.3 is 5.11 Å². The van der Waals surface area contributed by atoms with Crippen LogP contribution in [0.25, 0.3) is 11.2 Å². The van der Waals surface area contributed by atoms with Gasteiger partial charge in [-0.25, -0.2) is 18.2 Å². The molecule has 3 aromatic heterocycles. The van der Waals surface area contributed by atoms with Crippen LogP contribution in [0.1, 0.15) is 28.6 Å². The summed E-state index contributed by atoms with van der Waals surface area (Å²) in [6.07, 6.45) is 2.64. The standard InChI is InChI=1S/C20H24N4O4S2/c1-13(25)12-23-17-5-4-8-21-19(17)24(20(23)26)16-6-9-22(10-7-16)30(27,28)18-11-14(2)29-15(18)3/h4-5,8,11,16,25H,1,6-7,9-10,12H2,2-3H3. The van der Waals surface area contributed by atoms with E-state index in [1.807, 2.05) is 13.8 Å². The number of thiophene rings is 1. The van der Waals surface area contributed by atoms with Crippen LogP contribution >= 0.6 is 11.3 Å². The van der Waals surface area contributed by atoms with Gasteiger partial charge in [0.2, 0.25) is 10.0 Å². The zero-order chi connectivity index (χ0) is 21.6. The maximum atomic E-state index is 13.1. The van der Waals surface area contributed by atoms with E-state index in [0.29, 0.717) is 42.0 Å². The number of hydrogen-bond donors (Lipinski definition) is 1. The van der Waals surface area contributed by atoms with Gasteiger partial charge in [0.05, 0.1) is 17.0 Å². The molecule has 0 bridgehead atoms. The molecule has 0 atom stereocenters. The molecule has 160 valence electrons. The second-order valence-electron chi connectivity index (χ2n) is 7.56. The summed E-state index contributed by atoms with van der Waals surface area (Å²) in [6.45, 7) is 7.88. The molecule has 1 saturated heterocycles. The van der Waals surface area contributed by atoms with Gasteiger partial charge in [-0.05, 0) is 44.9 Å². The first-order valence-electron chi connectivity index (χ1n) is 9.70. The van der Waals surface area contributed by atoms with E-state index in [4.69, 9.17) is 0 Å². The third-order valence-electron chi connectivity index (χ3n) is 5.46. The molecule has 0 saturated carbocycles. The van der Waals surface area contributed by atoms with E-state index in [1.165, 1.54) is 20.2 Å². The number of aryl methyl sites for hydroxylation is 2. The van der Waals surface area contributed by atoms with Crippen LogP contribution in [0, 0.1) is 13.8 Å². The molecule has 0 unspecified atom stereocenters. The summed E-state index contributed by atoms with van der Waals surface area (Å²) in [5.41, 5.74) is 0.885. The molecule has 1 aliphatic rings. The highest BCUT2D eigenvalue weighted by Crippen LogP contribution is 2.32. The lowest BCUT2D eigenvalue weighted by atomic mass is 10.1. The van der Waals surface area contributed by atoms with Crippen molar-refractivity contribution in [1.82, 2.24) is 18.4 Å². The fourth-order valence-corrected chi connectivity index (χ4v) is 7.11. The van der Waals surface area contributed by atoms with E-state index in [1.54, 1.807) is 29.0 Å². The van der Waals surface area contributed by atoms with E-state index >= 15 is 0 Å². The Morgan fingerprint density at radius 1 is 1.33 bits per heavy atom. The number of pyridine rings is 1. The van der Waals surface area contributed by atoms with Crippen LogP contribution in [0.3, 0.4) is 0 Å². The van der Waals surface area contributed by atoms with Crippen LogP contribution in [-0.4, -0.2) is 45.0 Å². The molecule has 1 fully saturated rings. The summed E-state index contributed by atoms with van der Waals surface area (Å²) in [7, 11) is -3.55. The predicted molar refractivity (Wildman–Crippen MR) is 117 cm³/mol. The minimum atomic E-state index is -3.55. The third-order valence-corrected chi connectivity index (χ3v) is 8.58. The molecule has 0 radical (unpaired) electrons. The normalized spacial score (nSPS) is 16.3. The summed E-state index contributed by atoms with van der Waals surface area (Å²) < 4.78 is 30.7. The van der Waals surface area contributed by atoms with Crippen molar-refractivity contribution >= 4 is 32.5 Å². The molecule has 0 aliphatic carbocycles. The maximum Gasteiger partial charge on any atom is 0.331 e. The first-order valence-corrected chi connectivity index (χ1v) is 12.0. The molecular weight excluding hydrogens is 424 g/mol. The number of hydrogen-bond acceptors (Lipinski definition) is 6. The lowest BCUT2D eigenvalue weighted by molar-refractivity contribution is 0.271. The van der Waals surface area contributed by atoms with Crippen LogP contribution in [0.15, 0.2) is 46.4 Å². The largest absolute Gasteiger partial charge is 0.511 e. The highest BCUT2D eigenvalue weighted by molar-refractivity contribution is 7.89. The van der Waals surface area contributed by atoms with Crippen LogP contribution in [-0.2, 0) is 16.6 Å². The Bertz CT molecular complexity index is 1280. The Morgan fingerprint density at radius 3 is 2.63 bits per heavy atom. The van der Waals surface area contributed by atoms with E-state index < -0.39 is 10.0 Å². The fraction of sp³-hybridized carbons (Fsp3) is 0.400. The number of nitrogens with zero attached hydrogens (tertiary/aromatic N) is 4. The van der Waals surface area contributed by atoms with E-state index in [0.717, 1.165) is 9.75 Å². The van der Waals surface area contributed by atoms with Crippen molar-refractivity contribution in [2.24, 2.45) is 0 Å². The van der Waals surface area contributed by atoms with Gasteiger partial charge in [-0.15, -0.1) is 11.3 Å².